The van der Waals surface area contributed by atoms with Crippen LogP contribution >= 0.6 is 31.9 Å². The lowest BCUT2D eigenvalue weighted by Crippen LogP contribution is -2.26. The van der Waals surface area contributed by atoms with Gasteiger partial charge in [0.05, 0.1) is 5.56 Å². The lowest BCUT2D eigenvalue weighted by molar-refractivity contribution is 0.0953. The van der Waals surface area contributed by atoms with Crippen molar-refractivity contribution in [1.82, 2.24) is 10.3 Å². The number of nitrogens with zero attached hydrogens (tertiary/aromatic N) is 1. The van der Waals surface area contributed by atoms with Gasteiger partial charge in [-0.2, -0.15) is 0 Å². The Kier molecular flexibility index (Phi) is 5.10. The highest BCUT2D eigenvalue weighted by atomic mass is 79.9. The molecule has 1 N–H and O–H groups in total. The quantitative estimate of drug-likeness (QED) is 0.876. The Morgan fingerprint density at radius 1 is 1.16 bits per heavy atom. The Morgan fingerprint density at radius 2 is 1.89 bits per heavy atom. The molecule has 1 amide bonds. The van der Waals surface area contributed by atoms with Gasteiger partial charge < -0.3 is 5.32 Å². The van der Waals surface area contributed by atoms with E-state index in [1.54, 1.807) is 18.5 Å². The third-order valence-corrected chi connectivity index (χ3v) is 3.77. The van der Waals surface area contributed by atoms with Gasteiger partial charge in [-0.15, -0.1) is 0 Å². The molecule has 0 fully saturated rings. The van der Waals surface area contributed by atoms with E-state index in [1.807, 2.05) is 24.3 Å². The van der Waals surface area contributed by atoms with Crippen molar-refractivity contribution >= 4 is 37.8 Å². The van der Waals surface area contributed by atoms with E-state index in [-0.39, 0.29) is 5.91 Å². The van der Waals surface area contributed by atoms with Crippen molar-refractivity contribution in [2.24, 2.45) is 0 Å². The van der Waals surface area contributed by atoms with Crippen LogP contribution in [0.25, 0.3) is 0 Å². The van der Waals surface area contributed by atoms with Crippen molar-refractivity contribution in [3.8, 4) is 0 Å². The van der Waals surface area contributed by atoms with Crippen molar-refractivity contribution < 1.29 is 4.79 Å². The van der Waals surface area contributed by atoms with Gasteiger partial charge in [-0.1, -0.05) is 15.9 Å². The van der Waals surface area contributed by atoms with E-state index >= 15 is 0 Å². The number of hydrogen-bond acceptors (Lipinski definition) is 2. The summed E-state index contributed by atoms with van der Waals surface area (Å²) in [6.07, 6.45) is 4.30. The molecule has 0 saturated carbocycles. The maximum absolute atomic E-state index is 12.0. The first kappa shape index (κ1) is 14.2. The molecule has 2 rings (SSSR count). The van der Waals surface area contributed by atoms with Crippen LogP contribution in [0.4, 0.5) is 0 Å². The molecule has 0 spiro atoms. The average Bonchev–Trinajstić information content (AvgIpc) is 2.39. The monoisotopic (exact) mass is 382 g/mol. The van der Waals surface area contributed by atoms with Crippen LogP contribution in [0.1, 0.15) is 15.9 Å². The predicted octanol–water partition coefficient (Wildman–Crippen LogP) is 3.58. The Morgan fingerprint density at radius 3 is 2.58 bits per heavy atom. The Labute approximate surface area is 128 Å². The number of halogens is 2. The number of nitrogens with one attached hydrogen (secondary N) is 1. The minimum Gasteiger partial charge on any atom is -0.352 e. The van der Waals surface area contributed by atoms with Gasteiger partial charge >= 0.3 is 0 Å². The smallest absolute Gasteiger partial charge is 0.252 e. The summed E-state index contributed by atoms with van der Waals surface area (Å²) in [6, 6.07) is 9.39. The summed E-state index contributed by atoms with van der Waals surface area (Å²) in [4.78, 5) is 16.0. The largest absolute Gasteiger partial charge is 0.352 e. The van der Waals surface area contributed by atoms with E-state index in [0.717, 1.165) is 20.9 Å². The molecule has 1 aromatic carbocycles. The summed E-state index contributed by atoms with van der Waals surface area (Å²) in [5.74, 6) is -0.0755. The average molecular weight is 384 g/mol. The Balaban J connectivity index is 1.91. The molecule has 0 aliphatic heterocycles. The maximum atomic E-state index is 12.0. The minimum atomic E-state index is -0.0755. The van der Waals surface area contributed by atoms with E-state index in [4.69, 9.17) is 0 Å². The molecule has 98 valence electrons. The zero-order chi connectivity index (χ0) is 13.7. The molecule has 0 radical (unpaired) electrons. The molecule has 0 saturated heterocycles. The molecule has 5 heteroatoms. The second-order valence-electron chi connectivity index (χ2n) is 3.99. The third-order valence-electron chi connectivity index (χ3n) is 2.62. The summed E-state index contributed by atoms with van der Waals surface area (Å²) in [6.45, 7) is 0.603. The molecule has 1 heterocycles. The zero-order valence-corrected chi connectivity index (χ0v) is 13.2. The molecule has 19 heavy (non-hydrogen) atoms. The highest BCUT2D eigenvalue weighted by Crippen LogP contribution is 2.21. The van der Waals surface area contributed by atoms with Crippen molar-refractivity contribution in [1.29, 1.82) is 0 Å². The molecular formula is C14H12Br2N2O. The third kappa shape index (κ3) is 4.14. The predicted molar refractivity (Wildman–Crippen MR) is 82.1 cm³/mol. The van der Waals surface area contributed by atoms with Crippen LogP contribution in [0, 0.1) is 0 Å². The summed E-state index contributed by atoms with van der Waals surface area (Å²) < 4.78 is 1.72. The Bertz CT molecular complexity index is 573. The second-order valence-corrected chi connectivity index (χ2v) is 5.76. The fraction of sp³-hybridized carbons (Fsp3) is 0.143. The van der Waals surface area contributed by atoms with Gasteiger partial charge in [0, 0.05) is 27.9 Å². The van der Waals surface area contributed by atoms with Crippen LogP contribution in [0.5, 0.6) is 0 Å². The van der Waals surface area contributed by atoms with Gasteiger partial charge in [-0.05, 0) is 58.2 Å². The van der Waals surface area contributed by atoms with Gasteiger partial charge in [-0.3, -0.25) is 9.78 Å². The van der Waals surface area contributed by atoms with Gasteiger partial charge in [0.1, 0.15) is 0 Å². The first-order valence-corrected chi connectivity index (χ1v) is 7.37. The van der Waals surface area contributed by atoms with Gasteiger partial charge in [0.15, 0.2) is 0 Å². The molecule has 0 aliphatic carbocycles. The number of amides is 1. The topological polar surface area (TPSA) is 42.0 Å². The lowest BCUT2D eigenvalue weighted by Gasteiger charge is -2.07. The van der Waals surface area contributed by atoms with Gasteiger partial charge in [-0.25, -0.2) is 0 Å². The standard InChI is InChI=1S/C14H12Br2N2O/c15-11-1-2-12(13(16)9-11)14(19)18-8-5-10-3-6-17-7-4-10/h1-4,6-7,9H,5,8H2,(H,18,19). The van der Waals surface area contributed by atoms with Crippen molar-refractivity contribution in [3.05, 3.63) is 62.8 Å². The molecule has 1 aromatic heterocycles. The maximum Gasteiger partial charge on any atom is 0.252 e. The first-order valence-electron chi connectivity index (χ1n) is 5.79. The van der Waals surface area contributed by atoms with Gasteiger partial charge in [0.2, 0.25) is 0 Å². The van der Waals surface area contributed by atoms with Crippen molar-refractivity contribution in [2.45, 2.75) is 6.42 Å². The summed E-state index contributed by atoms with van der Waals surface area (Å²) in [7, 11) is 0. The highest BCUT2D eigenvalue weighted by Gasteiger charge is 2.09. The van der Waals surface area contributed by atoms with E-state index in [1.165, 1.54) is 0 Å². The number of rotatable bonds is 4. The van der Waals surface area contributed by atoms with Crippen LogP contribution in [0.2, 0.25) is 0 Å². The number of pyridine rings is 1. The van der Waals surface area contributed by atoms with E-state index in [2.05, 4.69) is 42.2 Å². The highest BCUT2D eigenvalue weighted by molar-refractivity contribution is 9.11. The second kappa shape index (κ2) is 6.82. The molecule has 2 aromatic rings. The van der Waals surface area contributed by atoms with Crippen molar-refractivity contribution in [3.63, 3.8) is 0 Å². The van der Waals surface area contributed by atoms with E-state index in [0.29, 0.717) is 12.1 Å². The molecule has 0 aliphatic rings. The first-order chi connectivity index (χ1) is 9.16. The molecule has 3 nitrogen and oxygen atoms in total. The molecular weight excluding hydrogens is 372 g/mol. The van der Waals surface area contributed by atoms with E-state index in [9.17, 15) is 4.79 Å². The fourth-order valence-corrected chi connectivity index (χ4v) is 2.87. The normalized spacial score (nSPS) is 10.2. The summed E-state index contributed by atoms with van der Waals surface area (Å²) in [5, 5.41) is 2.90. The van der Waals surface area contributed by atoms with Gasteiger partial charge in [0.25, 0.3) is 5.91 Å². The molecule has 0 atom stereocenters. The summed E-state index contributed by atoms with van der Waals surface area (Å²) >= 11 is 6.75. The van der Waals surface area contributed by atoms with Crippen LogP contribution < -0.4 is 5.32 Å². The van der Waals surface area contributed by atoms with Crippen LogP contribution in [-0.2, 0) is 6.42 Å². The fourth-order valence-electron chi connectivity index (χ4n) is 1.64. The number of carbonyl (C=O) groups excluding carboxylic acids is 1. The summed E-state index contributed by atoms with van der Waals surface area (Å²) in [5.41, 5.74) is 1.79. The minimum absolute atomic E-state index is 0.0755. The lowest BCUT2D eigenvalue weighted by atomic mass is 10.2. The molecule has 0 bridgehead atoms. The van der Waals surface area contributed by atoms with Crippen LogP contribution in [0.15, 0.2) is 51.7 Å². The number of hydrogen-bond donors (Lipinski definition) is 1. The molecule has 0 unspecified atom stereocenters. The van der Waals surface area contributed by atoms with Crippen LogP contribution in [0.3, 0.4) is 0 Å². The SMILES string of the molecule is O=C(NCCc1ccncc1)c1ccc(Br)cc1Br. The zero-order valence-electron chi connectivity index (χ0n) is 10.1. The van der Waals surface area contributed by atoms with Crippen molar-refractivity contribution in [2.75, 3.05) is 6.54 Å². The van der Waals surface area contributed by atoms with Crippen LogP contribution in [-0.4, -0.2) is 17.4 Å². The number of aromatic nitrogens is 1. The Hall–Kier alpha value is -1.20. The number of benzene rings is 1. The van der Waals surface area contributed by atoms with E-state index < -0.39 is 0 Å². The number of carbonyl (C=O) groups is 1.